The van der Waals surface area contributed by atoms with Gasteiger partial charge in [0.1, 0.15) is 24.4 Å². The van der Waals surface area contributed by atoms with Gasteiger partial charge in [-0.25, -0.2) is 0 Å². The zero-order chi connectivity index (χ0) is 24.0. The maximum Gasteiger partial charge on any atom is 0.311 e. The second-order valence-electron chi connectivity index (χ2n) is 10.0. The Kier molecular flexibility index (Phi) is 6.88. The predicted molar refractivity (Wildman–Crippen MR) is 112 cm³/mol. The summed E-state index contributed by atoms with van der Waals surface area (Å²) < 4.78 is 23.2. The Bertz CT molecular complexity index is 782. The van der Waals surface area contributed by atoms with E-state index in [0.717, 1.165) is 0 Å². The lowest BCUT2D eigenvalue weighted by Crippen LogP contribution is -2.54. The smallest absolute Gasteiger partial charge is 0.311 e. The van der Waals surface area contributed by atoms with Crippen molar-refractivity contribution >= 4 is 23.9 Å². The number of esters is 4. The molecule has 9 heteroatoms. The van der Waals surface area contributed by atoms with Crippen molar-refractivity contribution in [1.82, 2.24) is 4.90 Å². The molecule has 9 nitrogen and oxygen atoms in total. The average molecular weight is 454 g/mol. The summed E-state index contributed by atoms with van der Waals surface area (Å²) in [5, 5.41) is 0. The van der Waals surface area contributed by atoms with E-state index in [4.69, 9.17) is 18.9 Å². The molecule has 3 fully saturated rings. The fourth-order valence-corrected chi connectivity index (χ4v) is 6.53. The summed E-state index contributed by atoms with van der Waals surface area (Å²) in [4.78, 5) is 50.9. The van der Waals surface area contributed by atoms with Crippen LogP contribution in [0.15, 0.2) is 0 Å². The Balaban J connectivity index is 2.15. The van der Waals surface area contributed by atoms with Gasteiger partial charge in [0.2, 0.25) is 0 Å². The van der Waals surface area contributed by atoms with Crippen LogP contribution in [0.5, 0.6) is 0 Å². The molecule has 1 aliphatic heterocycles. The minimum absolute atomic E-state index is 0.0381. The molecule has 180 valence electrons. The number of ether oxygens (including phenoxy) is 4. The minimum Gasteiger partial charge on any atom is -0.462 e. The monoisotopic (exact) mass is 453 g/mol. The SMILES string of the molecule is CC(=O)O[C@H]1C[C@H](OC(C)=O)[C@]2(C)[C@@H]1[C@H](C)C[C@@H]1OC(=O)[C@H](CN(C)C)[C@H]1[C@@H]2OC(C)=O. The van der Waals surface area contributed by atoms with Gasteiger partial charge in [0.25, 0.3) is 0 Å². The number of nitrogens with zero attached hydrogens (tertiary/aromatic N) is 1. The number of hydrogen-bond donors (Lipinski definition) is 0. The van der Waals surface area contributed by atoms with Crippen LogP contribution in [0.2, 0.25) is 0 Å². The van der Waals surface area contributed by atoms with Crippen molar-refractivity contribution < 1.29 is 38.1 Å². The molecule has 2 saturated carbocycles. The minimum atomic E-state index is -0.866. The summed E-state index contributed by atoms with van der Waals surface area (Å²) in [5.74, 6) is -2.85. The molecule has 0 N–H and O–H groups in total. The molecule has 0 radical (unpaired) electrons. The number of hydrogen-bond acceptors (Lipinski definition) is 9. The van der Waals surface area contributed by atoms with E-state index in [1.54, 1.807) is 0 Å². The zero-order valence-corrected chi connectivity index (χ0v) is 20.0. The van der Waals surface area contributed by atoms with Gasteiger partial charge in [-0.3, -0.25) is 19.2 Å². The van der Waals surface area contributed by atoms with Crippen LogP contribution in [0.3, 0.4) is 0 Å². The van der Waals surface area contributed by atoms with Crippen LogP contribution in [-0.4, -0.2) is 73.8 Å². The lowest BCUT2D eigenvalue weighted by atomic mass is 9.66. The van der Waals surface area contributed by atoms with Gasteiger partial charge in [-0.1, -0.05) is 13.8 Å². The van der Waals surface area contributed by atoms with Crippen molar-refractivity contribution in [3.05, 3.63) is 0 Å². The highest BCUT2D eigenvalue weighted by atomic mass is 16.6. The van der Waals surface area contributed by atoms with E-state index >= 15 is 0 Å². The van der Waals surface area contributed by atoms with E-state index in [-0.39, 0.29) is 17.8 Å². The van der Waals surface area contributed by atoms with Gasteiger partial charge in [0, 0.05) is 51.0 Å². The van der Waals surface area contributed by atoms with E-state index in [1.165, 1.54) is 20.8 Å². The molecular formula is C23H35NO8. The van der Waals surface area contributed by atoms with Crippen LogP contribution < -0.4 is 0 Å². The van der Waals surface area contributed by atoms with Crippen LogP contribution in [-0.2, 0) is 38.1 Å². The number of carbonyl (C=O) groups is 4. The van der Waals surface area contributed by atoms with Crippen molar-refractivity contribution in [2.24, 2.45) is 29.1 Å². The van der Waals surface area contributed by atoms with Crippen molar-refractivity contribution in [2.45, 2.75) is 71.9 Å². The number of rotatable bonds is 5. The van der Waals surface area contributed by atoms with Crippen LogP contribution in [0.1, 0.15) is 47.5 Å². The Morgan fingerprint density at radius 3 is 2.16 bits per heavy atom. The maximum absolute atomic E-state index is 12.8. The Hall–Kier alpha value is -2.16. The number of fused-ring (bicyclic) bond motifs is 2. The van der Waals surface area contributed by atoms with E-state index < -0.39 is 59.6 Å². The topological polar surface area (TPSA) is 108 Å². The molecular weight excluding hydrogens is 418 g/mol. The third kappa shape index (κ3) is 4.36. The van der Waals surface area contributed by atoms with Crippen LogP contribution in [0.25, 0.3) is 0 Å². The molecule has 0 aromatic heterocycles. The van der Waals surface area contributed by atoms with Gasteiger partial charge in [-0.2, -0.15) is 0 Å². The molecule has 0 amide bonds. The van der Waals surface area contributed by atoms with Gasteiger partial charge in [-0.05, 0) is 26.4 Å². The van der Waals surface area contributed by atoms with Gasteiger partial charge in [0.15, 0.2) is 0 Å². The average Bonchev–Trinajstić information content (AvgIpc) is 3.03. The fourth-order valence-electron chi connectivity index (χ4n) is 6.53. The Morgan fingerprint density at radius 1 is 1.03 bits per heavy atom. The van der Waals surface area contributed by atoms with E-state index in [1.807, 2.05) is 32.8 Å². The summed E-state index contributed by atoms with van der Waals surface area (Å²) in [6.45, 7) is 8.41. The van der Waals surface area contributed by atoms with Gasteiger partial charge >= 0.3 is 23.9 Å². The van der Waals surface area contributed by atoms with Crippen molar-refractivity contribution in [3.8, 4) is 0 Å². The van der Waals surface area contributed by atoms with Crippen molar-refractivity contribution in [3.63, 3.8) is 0 Å². The lowest BCUT2D eigenvalue weighted by molar-refractivity contribution is -0.182. The molecule has 0 aromatic rings. The second-order valence-corrected chi connectivity index (χ2v) is 10.0. The summed E-state index contributed by atoms with van der Waals surface area (Å²) in [5.41, 5.74) is -0.866. The van der Waals surface area contributed by atoms with Crippen molar-refractivity contribution in [1.29, 1.82) is 0 Å². The summed E-state index contributed by atoms with van der Waals surface area (Å²) in [6, 6.07) is 0. The third-order valence-corrected chi connectivity index (χ3v) is 7.38. The first-order valence-electron chi connectivity index (χ1n) is 11.2. The molecule has 3 aliphatic rings. The molecule has 3 rings (SSSR count). The first kappa shape index (κ1) is 24.5. The predicted octanol–water partition coefficient (Wildman–Crippen LogP) is 1.57. The van der Waals surface area contributed by atoms with Crippen LogP contribution in [0.4, 0.5) is 0 Å². The highest BCUT2D eigenvalue weighted by molar-refractivity contribution is 5.76. The summed E-state index contributed by atoms with van der Waals surface area (Å²) >= 11 is 0. The zero-order valence-electron chi connectivity index (χ0n) is 20.0. The molecule has 0 unspecified atom stereocenters. The molecule has 0 spiro atoms. The van der Waals surface area contributed by atoms with Gasteiger partial charge in [-0.15, -0.1) is 0 Å². The van der Waals surface area contributed by atoms with E-state index in [2.05, 4.69) is 0 Å². The standard InChI is InChI=1S/C23H35NO8/c1-11-8-16-19(15(10-24(6)7)22(28)32-16)21(31-14(4)27)23(5)18(30-13(3)26)9-17(20(11)23)29-12(2)25/h11,15-21H,8-10H2,1-7H3/t11-,15-,16+,17+,18+,19-,20-,21+,23-/m1/s1. The van der Waals surface area contributed by atoms with E-state index in [9.17, 15) is 19.2 Å². The normalized spacial score (nSPS) is 40.7. The summed E-state index contributed by atoms with van der Waals surface area (Å²) in [7, 11) is 3.75. The molecule has 9 atom stereocenters. The molecule has 0 bridgehead atoms. The molecule has 0 aromatic carbocycles. The summed E-state index contributed by atoms with van der Waals surface area (Å²) in [6.07, 6.45) is -1.48. The Morgan fingerprint density at radius 2 is 1.62 bits per heavy atom. The maximum atomic E-state index is 12.8. The molecule has 1 saturated heterocycles. The quantitative estimate of drug-likeness (QED) is 0.453. The number of carbonyl (C=O) groups excluding carboxylic acids is 4. The largest absolute Gasteiger partial charge is 0.462 e. The fraction of sp³-hybridized carbons (Fsp3) is 0.826. The first-order chi connectivity index (χ1) is 14.9. The van der Waals surface area contributed by atoms with Crippen LogP contribution >= 0.6 is 0 Å². The third-order valence-electron chi connectivity index (χ3n) is 7.38. The second kappa shape index (κ2) is 9.00. The molecule has 1 heterocycles. The van der Waals surface area contributed by atoms with Gasteiger partial charge in [0.05, 0.1) is 5.92 Å². The van der Waals surface area contributed by atoms with Crippen molar-refractivity contribution in [2.75, 3.05) is 20.6 Å². The van der Waals surface area contributed by atoms with Crippen LogP contribution in [0, 0.1) is 29.1 Å². The molecule has 2 aliphatic carbocycles. The highest BCUT2D eigenvalue weighted by Crippen LogP contribution is 2.59. The first-order valence-corrected chi connectivity index (χ1v) is 11.2. The lowest BCUT2D eigenvalue weighted by Gasteiger charge is -2.45. The highest BCUT2D eigenvalue weighted by Gasteiger charge is 2.68. The Labute approximate surface area is 189 Å². The molecule has 32 heavy (non-hydrogen) atoms. The van der Waals surface area contributed by atoms with Gasteiger partial charge < -0.3 is 23.8 Å². The van der Waals surface area contributed by atoms with E-state index in [0.29, 0.717) is 19.4 Å².